The van der Waals surface area contributed by atoms with Crippen molar-refractivity contribution < 1.29 is 19.4 Å². The highest BCUT2D eigenvalue weighted by Crippen LogP contribution is 2.44. The molecule has 1 aliphatic heterocycles. The molecule has 2 aromatic carbocycles. The van der Waals surface area contributed by atoms with E-state index in [0.717, 1.165) is 40.7 Å². The van der Waals surface area contributed by atoms with Crippen LogP contribution in [0.4, 0.5) is 4.79 Å². The number of piperidine rings is 1. The van der Waals surface area contributed by atoms with Gasteiger partial charge in [-0.3, -0.25) is 4.90 Å². The number of fused-ring (bicyclic) bond motifs is 3. The number of amides is 1. The lowest BCUT2D eigenvalue weighted by Gasteiger charge is -2.38. The quantitative estimate of drug-likeness (QED) is 0.769. The van der Waals surface area contributed by atoms with Crippen LogP contribution in [0.15, 0.2) is 60.7 Å². The van der Waals surface area contributed by atoms with Gasteiger partial charge in [-0.15, -0.1) is 0 Å². The number of rotatable bonds is 4. The van der Waals surface area contributed by atoms with Crippen molar-refractivity contribution >= 4 is 12.1 Å². The lowest BCUT2D eigenvalue weighted by molar-refractivity contribution is -0.145. The number of hydrogen-bond donors (Lipinski definition) is 1. The van der Waals surface area contributed by atoms with Crippen molar-refractivity contribution in [2.75, 3.05) is 13.2 Å². The van der Waals surface area contributed by atoms with Gasteiger partial charge >= 0.3 is 12.1 Å². The summed E-state index contributed by atoms with van der Waals surface area (Å²) in [5, 5.41) is 9.73. The number of carbonyl (C=O) groups excluding carboxylic acids is 1. The molecular formula is C24H25NO4. The zero-order chi connectivity index (χ0) is 20.5. The molecule has 2 atom stereocenters. The van der Waals surface area contributed by atoms with Gasteiger partial charge in [0.05, 0.1) is 0 Å². The highest BCUT2D eigenvalue weighted by atomic mass is 16.6. The fourth-order valence-electron chi connectivity index (χ4n) is 4.70. The SMILES string of the molecule is C=C(C)C1CCCN(C(=O)OCC2c3ccccc3-c3ccccc32)C1C(=O)O. The van der Waals surface area contributed by atoms with Crippen LogP contribution in [0.5, 0.6) is 0 Å². The van der Waals surface area contributed by atoms with E-state index in [1.54, 1.807) is 0 Å². The molecule has 2 unspecified atom stereocenters. The average molecular weight is 391 g/mol. The van der Waals surface area contributed by atoms with Gasteiger partial charge < -0.3 is 9.84 Å². The molecule has 5 nitrogen and oxygen atoms in total. The van der Waals surface area contributed by atoms with Crippen LogP contribution in [0.25, 0.3) is 11.1 Å². The van der Waals surface area contributed by atoms with Crippen molar-refractivity contribution in [3.63, 3.8) is 0 Å². The summed E-state index contributed by atoms with van der Waals surface area (Å²) in [5.41, 5.74) is 5.37. The summed E-state index contributed by atoms with van der Waals surface area (Å²) in [6, 6.07) is 15.4. The van der Waals surface area contributed by atoms with Crippen molar-refractivity contribution in [1.82, 2.24) is 4.90 Å². The Morgan fingerprint density at radius 1 is 1.10 bits per heavy atom. The maximum atomic E-state index is 12.9. The minimum atomic E-state index is -1.01. The maximum absolute atomic E-state index is 12.9. The van der Waals surface area contributed by atoms with Crippen LogP contribution >= 0.6 is 0 Å². The second-order valence-electron chi connectivity index (χ2n) is 7.88. The van der Waals surface area contributed by atoms with Gasteiger partial charge in [0, 0.05) is 18.4 Å². The van der Waals surface area contributed by atoms with E-state index in [-0.39, 0.29) is 18.4 Å². The molecule has 0 spiro atoms. The van der Waals surface area contributed by atoms with Crippen molar-refractivity contribution in [3.05, 3.63) is 71.8 Å². The first-order chi connectivity index (χ1) is 14.0. The minimum Gasteiger partial charge on any atom is -0.480 e. The Hall–Kier alpha value is -3.08. The monoisotopic (exact) mass is 391 g/mol. The van der Waals surface area contributed by atoms with E-state index in [1.807, 2.05) is 31.2 Å². The van der Waals surface area contributed by atoms with E-state index in [4.69, 9.17) is 4.74 Å². The first-order valence-electron chi connectivity index (χ1n) is 9.99. The van der Waals surface area contributed by atoms with E-state index >= 15 is 0 Å². The third kappa shape index (κ3) is 3.41. The normalized spacial score (nSPS) is 20.7. The van der Waals surface area contributed by atoms with E-state index in [0.29, 0.717) is 6.54 Å². The van der Waals surface area contributed by atoms with Gasteiger partial charge in [0.25, 0.3) is 0 Å². The second kappa shape index (κ2) is 7.74. The van der Waals surface area contributed by atoms with Crippen molar-refractivity contribution in [1.29, 1.82) is 0 Å². The van der Waals surface area contributed by atoms with Crippen LogP contribution in [-0.4, -0.2) is 41.3 Å². The van der Waals surface area contributed by atoms with Crippen LogP contribution in [0.2, 0.25) is 0 Å². The molecule has 150 valence electrons. The molecule has 4 rings (SSSR count). The molecule has 0 bridgehead atoms. The first-order valence-corrected chi connectivity index (χ1v) is 9.99. The molecule has 1 heterocycles. The lowest BCUT2D eigenvalue weighted by Crippen LogP contribution is -2.53. The fourth-order valence-corrected chi connectivity index (χ4v) is 4.70. The van der Waals surface area contributed by atoms with Crippen LogP contribution in [0, 0.1) is 5.92 Å². The van der Waals surface area contributed by atoms with Crippen molar-refractivity contribution in [3.8, 4) is 11.1 Å². The molecular weight excluding hydrogens is 366 g/mol. The smallest absolute Gasteiger partial charge is 0.410 e. The largest absolute Gasteiger partial charge is 0.480 e. The van der Waals surface area contributed by atoms with Crippen LogP contribution in [-0.2, 0) is 9.53 Å². The number of benzene rings is 2. The van der Waals surface area contributed by atoms with Crippen LogP contribution < -0.4 is 0 Å². The molecule has 1 fully saturated rings. The predicted molar refractivity (Wildman–Crippen MR) is 111 cm³/mol. The van der Waals surface area contributed by atoms with E-state index in [1.165, 1.54) is 4.90 Å². The number of nitrogens with zero attached hydrogens (tertiary/aromatic N) is 1. The van der Waals surface area contributed by atoms with Gasteiger partial charge in [0.15, 0.2) is 0 Å². The summed E-state index contributed by atoms with van der Waals surface area (Å²) in [4.78, 5) is 26.1. The number of hydrogen-bond acceptors (Lipinski definition) is 3. The highest BCUT2D eigenvalue weighted by molar-refractivity contribution is 5.82. The molecule has 0 saturated carbocycles. The third-order valence-electron chi connectivity index (χ3n) is 6.09. The predicted octanol–water partition coefficient (Wildman–Crippen LogP) is 4.68. The molecule has 1 saturated heterocycles. The standard InChI is InChI=1S/C24H25NO4/c1-15(2)16-12-7-13-25(22(16)23(26)27)24(28)29-14-21-19-10-5-3-8-17(19)18-9-4-6-11-20(18)21/h3-6,8-11,16,21-22H,1,7,12-14H2,2H3,(H,26,27). The Labute approximate surface area is 170 Å². The Bertz CT molecular complexity index is 921. The summed E-state index contributed by atoms with van der Waals surface area (Å²) < 4.78 is 5.68. The number of likely N-dealkylation sites (tertiary alicyclic amines) is 1. The fraction of sp³-hybridized carbons (Fsp3) is 0.333. The Kier molecular flexibility index (Phi) is 5.14. The van der Waals surface area contributed by atoms with Gasteiger partial charge in [-0.05, 0) is 42.0 Å². The summed E-state index contributed by atoms with van der Waals surface area (Å²) in [6.45, 7) is 6.32. The Balaban J connectivity index is 1.54. The van der Waals surface area contributed by atoms with E-state index in [2.05, 4.69) is 30.8 Å². The Morgan fingerprint density at radius 3 is 2.24 bits per heavy atom. The number of carbonyl (C=O) groups is 2. The number of ether oxygens (including phenoxy) is 1. The maximum Gasteiger partial charge on any atom is 0.410 e. The van der Waals surface area contributed by atoms with Crippen LogP contribution in [0.1, 0.15) is 36.8 Å². The summed E-state index contributed by atoms with van der Waals surface area (Å²) in [7, 11) is 0. The van der Waals surface area contributed by atoms with Crippen molar-refractivity contribution in [2.45, 2.75) is 31.7 Å². The summed E-state index contributed by atoms with van der Waals surface area (Å²) in [6.07, 6.45) is 0.899. The van der Waals surface area contributed by atoms with Crippen LogP contribution in [0.3, 0.4) is 0 Å². The first kappa shape index (κ1) is 19.2. The molecule has 1 N–H and O–H groups in total. The molecule has 0 radical (unpaired) electrons. The minimum absolute atomic E-state index is 0.0450. The van der Waals surface area contributed by atoms with Crippen molar-refractivity contribution in [2.24, 2.45) is 5.92 Å². The summed E-state index contributed by atoms with van der Waals surface area (Å²) >= 11 is 0. The van der Waals surface area contributed by atoms with E-state index in [9.17, 15) is 14.7 Å². The lowest BCUT2D eigenvalue weighted by atomic mass is 9.84. The van der Waals surface area contributed by atoms with E-state index < -0.39 is 18.1 Å². The topological polar surface area (TPSA) is 66.8 Å². The number of carboxylic acids is 1. The number of carboxylic acid groups (broad SMARTS) is 1. The third-order valence-corrected chi connectivity index (χ3v) is 6.09. The molecule has 1 aliphatic carbocycles. The summed E-state index contributed by atoms with van der Waals surface area (Å²) in [5.74, 6) is -1.30. The van der Waals surface area contributed by atoms with Gasteiger partial charge in [-0.1, -0.05) is 60.7 Å². The second-order valence-corrected chi connectivity index (χ2v) is 7.88. The molecule has 2 aromatic rings. The van der Waals surface area contributed by atoms with Gasteiger partial charge in [0.1, 0.15) is 12.6 Å². The molecule has 29 heavy (non-hydrogen) atoms. The average Bonchev–Trinajstić information content (AvgIpc) is 3.05. The highest BCUT2D eigenvalue weighted by Gasteiger charge is 2.41. The molecule has 0 aromatic heterocycles. The molecule has 1 amide bonds. The molecule has 5 heteroatoms. The van der Waals surface area contributed by atoms with Gasteiger partial charge in [0.2, 0.25) is 0 Å². The Morgan fingerprint density at radius 2 is 1.69 bits per heavy atom. The molecule has 2 aliphatic rings. The number of aliphatic carboxylic acids is 1. The van der Waals surface area contributed by atoms with Gasteiger partial charge in [-0.25, -0.2) is 9.59 Å². The zero-order valence-corrected chi connectivity index (χ0v) is 16.5. The zero-order valence-electron chi connectivity index (χ0n) is 16.5. The van der Waals surface area contributed by atoms with Gasteiger partial charge in [-0.2, -0.15) is 0 Å².